The summed E-state index contributed by atoms with van der Waals surface area (Å²) in [4.78, 5) is 34.4. The number of hydrogen-bond donors (Lipinski definition) is 6. The number of aliphatic hydroxyl groups is 4. The van der Waals surface area contributed by atoms with Gasteiger partial charge in [-0.25, -0.2) is 0 Å². The summed E-state index contributed by atoms with van der Waals surface area (Å²) in [5.41, 5.74) is 0. The van der Waals surface area contributed by atoms with Crippen LogP contribution < -0.4 is 10.6 Å². The Hall–Kier alpha value is -1.31. The van der Waals surface area contributed by atoms with Crippen molar-refractivity contribution < 1.29 is 34.8 Å². The zero-order valence-corrected chi connectivity index (χ0v) is 14.8. The minimum atomic E-state index is -1.70. The van der Waals surface area contributed by atoms with Gasteiger partial charge in [-0.15, -0.1) is 4.91 Å². The predicted octanol–water partition coefficient (Wildman–Crippen LogP) is -2.40. The summed E-state index contributed by atoms with van der Waals surface area (Å²) in [5.74, 6) is -1.36. The van der Waals surface area contributed by atoms with E-state index in [0.29, 0.717) is 11.9 Å². The number of hydrogen-bond acceptors (Lipinski definition) is 10. The summed E-state index contributed by atoms with van der Waals surface area (Å²) in [6.45, 7) is 3.54. The Kier molecular flexibility index (Phi) is 7.71. The molecule has 6 N–H and O–H groups in total. The monoisotopic (exact) mass is 381 g/mol. The van der Waals surface area contributed by atoms with Crippen LogP contribution in [0.5, 0.6) is 0 Å². The van der Waals surface area contributed by atoms with E-state index in [-0.39, 0.29) is 0 Å². The molecule has 1 fully saturated rings. The molecule has 25 heavy (non-hydrogen) atoms. The standard InChI is InChI=1S/C13H23N3O8S/c1-5(18)14-10(13(2,3)25-16-23)11(21)15-7-9(20)8(19)6(4-17)24-12(7)22/h6-10,12,17,19-20,22H,4H2,1-3H3,(H,14,18)(H,15,21)/t6-,7+,8+,9+,10-,12-/m1/s1. The first kappa shape index (κ1) is 21.7. The van der Waals surface area contributed by atoms with Crippen molar-refractivity contribution in [1.29, 1.82) is 0 Å². The molecule has 12 heteroatoms. The number of carbonyl (C=O) groups is 2. The summed E-state index contributed by atoms with van der Waals surface area (Å²) < 4.78 is 6.49. The molecule has 1 aliphatic rings. The second-order valence-electron chi connectivity index (χ2n) is 6.17. The minimum Gasteiger partial charge on any atom is -0.394 e. The maximum atomic E-state index is 12.5. The number of aliphatic hydroxyl groups excluding tert-OH is 4. The lowest BCUT2D eigenvalue weighted by molar-refractivity contribution is -0.254. The van der Waals surface area contributed by atoms with Crippen molar-refractivity contribution in [3.63, 3.8) is 0 Å². The highest BCUT2D eigenvalue weighted by Crippen LogP contribution is 2.29. The number of nitroso groups, excluding NO2 is 1. The van der Waals surface area contributed by atoms with Crippen LogP contribution in [0.15, 0.2) is 4.58 Å². The molecule has 1 saturated heterocycles. The summed E-state index contributed by atoms with van der Waals surface area (Å²) >= 11 is 0.535. The molecule has 1 rings (SSSR count). The molecule has 0 bridgehead atoms. The lowest BCUT2D eigenvalue weighted by atomic mass is 9.95. The number of nitrogens with zero attached hydrogens (tertiary/aromatic N) is 1. The summed E-state index contributed by atoms with van der Waals surface area (Å²) in [5, 5.41) is 43.5. The number of ether oxygens (including phenoxy) is 1. The zero-order valence-electron chi connectivity index (χ0n) is 13.9. The fourth-order valence-electron chi connectivity index (χ4n) is 2.41. The summed E-state index contributed by atoms with van der Waals surface area (Å²) in [6, 6.07) is -2.63. The van der Waals surface area contributed by atoms with E-state index >= 15 is 0 Å². The molecule has 2 amide bonds. The fourth-order valence-corrected chi connectivity index (χ4v) is 2.87. The van der Waals surface area contributed by atoms with E-state index in [4.69, 9.17) is 9.84 Å². The number of carbonyl (C=O) groups excluding carboxylic acids is 2. The first-order chi connectivity index (χ1) is 11.5. The Morgan fingerprint density at radius 2 is 1.88 bits per heavy atom. The topological polar surface area (TPSA) is 178 Å². The Balaban J connectivity index is 2.95. The third-order valence-electron chi connectivity index (χ3n) is 3.79. The third kappa shape index (κ3) is 5.33. The van der Waals surface area contributed by atoms with E-state index < -0.39 is 59.9 Å². The van der Waals surface area contributed by atoms with Gasteiger partial charge in [-0.2, -0.15) is 0 Å². The molecule has 1 heterocycles. The molecule has 144 valence electrons. The average Bonchev–Trinajstić information content (AvgIpc) is 2.52. The van der Waals surface area contributed by atoms with E-state index in [1.807, 2.05) is 0 Å². The molecule has 0 radical (unpaired) electrons. The third-order valence-corrected chi connectivity index (χ3v) is 4.57. The second-order valence-corrected chi connectivity index (χ2v) is 7.55. The summed E-state index contributed by atoms with van der Waals surface area (Å²) in [6.07, 6.45) is -6.08. The molecule has 11 nitrogen and oxygen atoms in total. The average molecular weight is 381 g/mol. The van der Waals surface area contributed by atoms with Crippen molar-refractivity contribution in [2.45, 2.75) is 62.2 Å². The van der Waals surface area contributed by atoms with Gasteiger partial charge in [-0.05, 0) is 13.8 Å². The summed E-state index contributed by atoms with van der Waals surface area (Å²) in [7, 11) is 0. The van der Waals surface area contributed by atoms with Crippen LogP contribution in [0.3, 0.4) is 0 Å². The van der Waals surface area contributed by atoms with Gasteiger partial charge in [-0.1, -0.05) is 0 Å². The molecule has 0 aromatic carbocycles. The van der Waals surface area contributed by atoms with Crippen LogP contribution in [0, 0.1) is 4.91 Å². The first-order valence-electron chi connectivity index (χ1n) is 7.44. The highest BCUT2D eigenvalue weighted by atomic mass is 32.2. The molecule has 0 spiro atoms. The van der Waals surface area contributed by atoms with Crippen molar-refractivity contribution in [2.75, 3.05) is 6.61 Å². The van der Waals surface area contributed by atoms with Gasteiger partial charge in [0.05, 0.1) is 11.4 Å². The highest BCUT2D eigenvalue weighted by Gasteiger charge is 2.46. The van der Waals surface area contributed by atoms with Crippen molar-refractivity contribution in [1.82, 2.24) is 10.6 Å². The van der Waals surface area contributed by atoms with Crippen LogP contribution in [-0.2, 0) is 14.3 Å². The van der Waals surface area contributed by atoms with Gasteiger partial charge in [0.15, 0.2) is 6.29 Å². The maximum absolute atomic E-state index is 12.5. The van der Waals surface area contributed by atoms with Gasteiger partial charge in [0.1, 0.15) is 30.4 Å². The van der Waals surface area contributed by atoms with Crippen molar-refractivity contribution >= 4 is 23.8 Å². The lowest BCUT2D eigenvalue weighted by Gasteiger charge is -2.41. The molecule has 0 aliphatic carbocycles. The Bertz CT molecular complexity index is 506. The van der Waals surface area contributed by atoms with E-state index in [1.165, 1.54) is 20.8 Å². The van der Waals surface area contributed by atoms with Crippen LogP contribution in [0.25, 0.3) is 0 Å². The first-order valence-corrected chi connectivity index (χ1v) is 8.21. The van der Waals surface area contributed by atoms with Gasteiger partial charge in [0, 0.05) is 23.5 Å². The van der Waals surface area contributed by atoms with Crippen LogP contribution in [0.1, 0.15) is 20.8 Å². The zero-order chi connectivity index (χ0) is 19.4. The molecular weight excluding hydrogens is 358 g/mol. The van der Waals surface area contributed by atoms with Crippen LogP contribution >= 0.6 is 11.9 Å². The fraction of sp³-hybridized carbons (Fsp3) is 0.846. The van der Waals surface area contributed by atoms with E-state index in [9.17, 15) is 29.8 Å². The van der Waals surface area contributed by atoms with Crippen LogP contribution in [-0.4, -0.2) is 80.3 Å². The highest BCUT2D eigenvalue weighted by molar-refractivity contribution is 7.99. The smallest absolute Gasteiger partial charge is 0.244 e. The Morgan fingerprint density at radius 3 is 2.36 bits per heavy atom. The number of amides is 2. The maximum Gasteiger partial charge on any atom is 0.244 e. The minimum absolute atomic E-state index is 0.535. The molecule has 0 saturated carbocycles. The molecular formula is C13H23N3O8S. The Morgan fingerprint density at radius 1 is 1.28 bits per heavy atom. The number of nitrogens with one attached hydrogen (secondary N) is 2. The Labute approximate surface area is 148 Å². The SMILES string of the molecule is CC(=O)N[C@H](C(=O)N[C@H]1[C@H](O)[C@@H](O)[C@@H](CO)O[C@H]1O)C(C)(C)SN=O. The van der Waals surface area contributed by atoms with E-state index in [2.05, 4.69) is 15.2 Å². The lowest BCUT2D eigenvalue weighted by Crippen LogP contribution is -2.67. The normalized spacial score (nSPS) is 31.1. The molecule has 0 aromatic rings. The van der Waals surface area contributed by atoms with Crippen molar-refractivity contribution in [3.05, 3.63) is 4.91 Å². The van der Waals surface area contributed by atoms with Gasteiger partial charge in [0.2, 0.25) is 11.8 Å². The van der Waals surface area contributed by atoms with Crippen LogP contribution in [0.2, 0.25) is 0 Å². The second kappa shape index (κ2) is 8.87. The molecule has 0 aromatic heterocycles. The molecule has 6 atom stereocenters. The van der Waals surface area contributed by atoms with E-state index in [1.54, 1.807) is 0 Å². The van der Waals surface area contributed by atoms with E-state index in [0.717, 1.165) is 0 Å². The van der Waals surface area contributed by atoms with Gasteiger partial charge < -0.3 is 35.8 Å². The van der Waals surface area contributed by atoms with Gasteiger partial charge >= 0.3 is 0 Å². The number of rotatable bonds is 7. The van der Waals surface area contributed by atoms with Crippen molar-refractivity contribution in [2.24, 2.45) is 4.58 Å². The largest absolute Gasteiger partial charge is 0.394 e. The predicted molar refractivity (Wildman–Crippen MR) is 87.0 cm³/mol. The van der Waals surface area contributed by atoms with Gasteiger partial charge in [-0.3, -0.25) is 9.59 Å². The quantitative estimate of drug-likeness (QED) is 0.207. The van der Waals surface area contributed by atoms with Gasteiger partial charge in [0.25, 0.3) is 0 Å². The molecule has 0 unspecified atom stereocenters. The van der Waals surface area contributed by atoms with Crippen LogP contribution in [0.4, 0.5) is 0 Å². The van der Waals surface area contributed by atoms with Crippen molar-refractivity contribution in [3.8, 4) is 0 Å². The molecule has 1 aliphatic heterocycles.